The van der Waals surface area contributed by atoms with Gasteiger partial charge in [0, 0.05) is 19.5 Å². The van der Waals surface area contributed by atoms with Gasteiger partial charge in [-0.05, 0) is 31.2 Å². The number of hydrogen-bond acceptors (Lipinski definition) is 6. The summed E-state index contributed by atoms with van der Waals surface area (Å²) in [5, 5.41) is 2.84. The number of para-hydroxylation sites is 3. The normalized spacial score (nSPS) is 15.9. The molecule has 3 aromatic rings. The Kier molecular flexibility index (Phi) is 6.24. The Morgan fingerprint density at radius 2 is 1.97 bits per heavy atom. The summed E-state index contributed by atoms with van der Waals surface area (Å²) >= 11 is 2.92. The highest BCUT2D eigenvalue weighted by atomic mass is 32.2. The highest BCUT2D eigenvalue weighted by Gasteiger charge is 2.30. The van der Waals surface area contributed by atoms with Gasteiger partial charge < -0.3 is 15.1 Å². The fourth-order valence-electron chi connectivity index (χ4n) is 3.48. The van der Waals surface area contributed by atoms with Crippen LogP contribution in [0.1, 0.15) is 13.3 Å². The van der Waals surface area contributed by atoms with Crippen molar-refractivity contribution in [3.63, 3.8) is 0 Å². The Labute approximate surface area is 188 Å². The van der Waals surface area contributed by atoms with Crippen molar-refractivity contribution in [2.75, 3.05) is 29.6 Å². The zero-order valence-corrected chi connectivity index (χ0v) is 18.8. The van der Waals surface area contributed by atoms with E-state index in [-0.39, 0.29) is 42.5 Å². The molecule has 1 aliphatic heterocycles. The van der Waals surface area contributed by atoms with Gasteiger partial charge in [0.15, 0.2) is 4.34 Å². The molecule has 1 aromatic heterocycles. The second-order valence-electron chi connectivity index (χ2n) is 7.37. The summed E-state index contributed by atoms with van der Waals surface area (Å²) in [6, 6.07) is 14.8. The number of aromatic nitrogens is 1. The van der Waals surface area contributed by atoms with Crippen molar-refractivity contribution < 1.29 is 14.4 Å². The Morgan fingerprint density at radius 3 is 2.77 bits per heavy atom. The molecule has 0 saturated heterocycles. The maximum atomic E-state index is 13.1. The number of thiazole rings is 1. The van der Waals surface area contributed by atoms with Crippen LogP contribution in [0.15, 0.2) is 52.9 Å². The highest BCUT2D eigenvalue weighted by Crippen LogP contribution is 2.32. The minimum atomic E-state index is -0.309. The van der Waals surface area contributed by atoms with Gasteiger partial charge in [-0.25, -0.2) is 4.98 Å². The van der Waals surface area contributed by atoms with E-state index < -0.39 is 0 Å². The zero-order valence-electron chi connectivity index (χ0n) is 17.2. The lowest BCUT2D eigenvalue weighted by Crippen LogP contribution is -2.45. The minimum Gasteiger partial charge on any atom is -0.336 e. The molecule has 31 heavy (non-hydrogen) atoms. The minimum absolute atomic E-state index is 0.0634. The first-order valence-corrected chi connectivity index (χ1v) is 11.7. The lowest BCUT2D eigenvalue weighted by Gasteiger charge is -2.29. The zero-order chi connectivity index (χ0) is 22.0. The molecule has 0 aliphatic carbocycles. The highest BCUT2D eigenvalue weighted by molar-refractivity contribution is 8.01. The molecule has 2 aromatic carbocycles. The first-order valence-electron chi connectivity index (χ1n) is 9.85. The molecule has 9 heteroatoms. The molecule has 1 N–H and O–H groups in total. The average molecular weight is 455 g/mol. The number of likely N-dealkylation sites (N-methyl/N-ethyl adjacent to an activating group) is 1. The van der Waals surface area contributed by atoms with Crippen LogP contribution in [0.4, 0.5) is 11.4 Å². The van der Waals surface area contributed by atoms with Crippen molar-refractivity contribution in [2.45, 2.75) is 23.7 Å². The number of amides is 3. The Hall–Kier alpha value is -2.91. The molecule has 7 nitrogen and oxygen atoms in total. The van der Waals surface area contributed by atoms with Gasteiger partial charge in [-0.15, -0.1) is 11.3 Å². The fourth-order valence-corrected chi connectivity index (χ4v) is 5.49. The predicted molar refractivity (Wildman–Crippen MR) is 125 cm³/mol. The number of anilines is 2. The number of thioether (sulfide) groups is 1. The van der Waals surface area contributed by atoms with Crippen molar-refractivity contribution in [3.8, 4) is 0 Å². The van der Waals surface area contributed by atoms with Crippen LogP contribution in [0.25, 0.3) is 10.2 Å². The lowest BCUT2D eigenvalue weighted by molar-refractivity contribution is -0.132. The summed E-state index contributed by atoms with van der Waals surface area (Å²) in [5.74, 6) is -0.303. The largest absolute Gasteiger partial charge is 0.336 e. The van der Waals surface area contributed by atoms with E-state index in [1.807, 2.05) is 43.3 Å². The van der Waals surface area contributed by atoms with E-state index in [9.17, 15) is 14.4 Å². The van der Waals surface area contributed by atoms with Crippen LogP contribution in [0.5, 0.6) is 0 Å². The van der Waals surface area contributed by atoms with Crippen molar-refractivity contribution in [2.24, 2.45) is 0 Å². The monoisotopic (exact) mass is 454 g/mol. The van der Waals surface area contributed by atoms with Crippen molar-refractivity contribution in [1.82, 2.24) is 9.88 Å². The molecule has 0 bridgehead atoms. The Balaban J connectivity index is 1.41. The van der Waals surface area contributed by atoms with Gasteiger partial charge in [0.25, 0.3) is 0 Å². The first-order chi connectivity index (χ1) is 14.9. The summed E-state index contributed by atoms with van der Waals surface area (Å²) < 4.78 is 1.91. The molecular weight excluding hydrogens is 432 g/mol. The van der Waals surface area contributed by atoms with Crippen molar-refractivity contribution >= 4 is 62.4 Å². The predicted octanol–water partition coefficient (Wildman–Crippen LogP) is 3.61. The SMILES string of the molecule is C[C@H]1CC(=O)Nc2ccccc2N1C(=O)CN(C)C(=O)CSc1nc2ccccc2s1. The van der Waals surface area contributed by atoms with Crippen LogP contribution in [0.2, 0.25) is 0 Å². The second kappa shape index (κ2) is 9.07. The maximum Gasteiger partial charge on any atom is 0.246 e. The van der Waals surface area contributed by atoms with Crippen LogP contribution in [-0.4, -0.2) is 53.0 Å². The number of nitrogens with one attached hydrogen (secondary N) is 1. The number of nitrogens with zero attached hydrogens (tertiary/aromatic N) is 3. The standard InChI is InChI=1S/C22H22N4O3S2/c1-14-11-19(27)23-15-7-3-5-9-17(15)26(14)20(28)12-25(2)21(29)13-30-22-24-16-8-4-6-10-18(16)31-22/h3-10,14H,11-13H2,1-2H3,(H,23,27)/t14-/m0/s1. The van der Waals surface area contributed by atoms with E-state index in [0.29, 0.717) is 11.4 Å². The molecule has 2 heterocycles. The molecule has 0 saturated carbocycles. The van der Waals surface area contributed by atoms with Crippen LogP contribution < -0.4 is 10.2 Å². The number of rotatable bonds is 5. The van der Waals surface area contributed by atoms with Gasteiger partial charge in [0.1, 0.15) is 0 Å². The van der Waals surface area contributed by atoms with Crippen LogP contribution in [0.3, 0.4) is 0 Å². The number of benzene rings is 2. The summed E-state index contributed by atoms with van der Waals surface area (Å²) in [4.78, 5) is 45.4. The van der Waals surface area contributed by atoms with E-state index in [2.05, 4.69) is 10.3 Å². The summed E-state index contributed by atoms with van der Waals surface area (Å²) in [6.45, 7) is 1.77. The maximum absolute atomic E-state index is 13.1. The van der Waals surface area contributed by atoms with Crippen molar-refractivity contribution in [3.05, 3.63) is 48.5 Å². The molecule has 0 spiro atoms. The van der Waals surface area contributed by atoms with Crippen LogP contribution in [0, 0.1) is 0 Å². The first kappa shape index (κ1) is 21.3. The smallest absolute Gasteiger partial charge is 0.246 e. The number of carbonyl (C=O) groups is 3. The van der Waals surface area contributed by atoms with Crippen LogP contribution in [-0.2, 0) is 14.4 Å². The fraction of sp³-hybridized carbons (Fsp3) is 0.273. The number of carbonyl (C=O) groups excluding carboxylic acids is 3. The van der Waals surface area contributed by atoms with E-state index in [0.717, 1.165) is 14.6 Å². The van der Waals surface area contributed by atoms with Gasteiger partial charge in [-0.1, -0.05) is 36.0 Å². The quantitative estimate of drug-likeness (QED) is 0.596. The molecule has 3 amide bonds. The van der Waals surface area contributed by atoms with Crippen LogP contribution >= 0.6 is 23.1 Å². The number of fused-ring (bicyclic) bond motifs is 2. The Bertz CT molecular complexity index is 1110. The van der Waals surface area contributed by atoms with Gasteiger partial charge in [0.05, 0.1) is 33.9 Å². The lowest BCUT2D eigenvalue weighted by atomic mass is 10.1. The molecular formula is C22H22N4O3S2. The average Bonchev–Trinajstić information content (AvgIpc) is 3.10. The summed E-state index contributed by atoms with van der Waals surface area (Å²) in [7, 11) is 1.62. The third kappa shape index (κ3) is 4.72. The summed E-state index contributed by atoms with van der Waals surface area (Å²) in [5.41, 5.74) is 2.17. The van der Waals surface area contributed by atoms with Crippen molar-refractivity contribution in [1.29, 1.82) is 0 Å². The van der Waals surface area contributed by atoms with Gasteiger partial charge >= 0.3 is 0 Å². The van der Waals surface area contributed by atoms with Gasteiger partial charge in [-0.3, -0.25) is 14.4 Å². The third-order valence-corrected chi connectivity index (χ3v) is 7.18. The topological polar surface area (TPSA) is 82.6 Å². The molecule has 0 radical (unpaired) electrons. The summed E-state index contributed by atoms with van der Waals surface area (Å²) in [6.07, 6.45) is 0.200. The molecule has 0 fully saturated rings. The van der Waals surface area contributed by atoms with Gasteiger partial charge in [-0.2, -0.15) is 0 Å². The molecule has 1 atom stereocenters. The molecule has 4 rings (SSSR count). The van der Waals surface area contributed by atoms with E-state index in [1.165, 1.54) is 16.7 Å². The van der Waals surface area contributed by atoms with E-state index >= 15 is 0 Å². The molecule has 0 unspecified atom stereocenters. The Morgan fingerprint density at radius 1 is 1.23 bits per heavy atom. The van der Waals surface area contributed by atoms with E-state index in [4.69, 9.17) is 0 Å². The number of hydrogen-bond donors (Lipinski definition) is 1. The molecule has 160 valence electrons. The third-order valence-electron chi connectivity index (χ3n) is 5.02. The second-order valence-corrected chi connectivity index (χ2v) is 9.62. The van der Waals surface area contributed by atoms with Gasteiger partial charge in [0.2, 0.25) is 17.7 Å². The van der Waals surface area contributed by atoms with E-state index in [1.54, 1.807) is 35.4 Å². The molecule has 1 aliphatic rings.